The minimum Gasteiger partial charge on any atom is -0.346 e. The average Bonchev–Trinajstić information content (AvgIpc) is 3.20. The van der Waals surface area contributed by atoms with Crippen LogP contribution in [0.2, 0.25) is 0 Å². The Balaban J connectivity index is 1.31. The molecule has 7 nitrogen and oxygen atoms in total. The second-order valence-electron chi connectivity index (χ2n) is 6.04. The number of carbonyl (C=O) groups excluding carboxylic acids is 2. The molecular weight excluding hydrogens is 354 g/mol. The first-order chi connectivity index (χ1) is 13.7. The Bertz CT molecular complexity index is 1000. The van der Waals surface area contributed by atoms with Crippen molar-refractivity contribution in [3.05, 3.63) is 66.0 Å². The molecule has 3 aromatic rings. The first kappa shape index (κ1) is 19.0. The van der Waals surface area contributed by atoms with E-state index in [9.17, 15) is 9.59 Å². The molecule has 7 heteroatoms. The van der Waals surface area contributed by atoms with Crippen molar-refractivity contribution < 1.29 is 9.59 Å². The molecule has 0 saturated heterocycles. The topological polar surface area (TPSA) is 98.9 Å². The standard InChI is InChI=1S/C21H21N5O2/c27-19(8-7-16-5-2-1-3-6-16)22-11-4-12-25-21(28)26-15-17-9-13-23-20-18(17)10-14-24-20/h1-3,5-6,9-10,13-14H,4,11-12,15H2,(H,22,27)(H,23,24)(H2,25,26,28). The van der Waals surface area contributed by atoms with Crippen molar-refractivity contribution in [3.63, 3.8) is 0 Å². The lowest BCUT2D eigenvalue weighted by molar-refractivity contribution is -0.115. The maximum absolute atomic E-state index is 11.9. The molecule has 0 atom stereocenters. The smallest absolute Gasteiger partial charge is 0.315 e. The minimum atomic E-state index is -0.332. The third-order valence-corrected chi connectivity index (χ3v) is 4.01. The highest BCUT2D eigenvalue weighted by Gasteiger charge is 2.05. The summed E-state index contributed by atoms with van der Waals surface area (Å²) in [7, 11) is 0. The average molecular weight is 375 g/mol. The second kappa shape index (κ2) is 9.78. The normalized spacial score (nSPS) is 10.0. The van der Waals surface area contributed by atoms with E-state index in [4.69, 9.17) is 0 Å². The van der Waals surface area contributed by atoms with Gasteiger partial charge in [0.25, 0.3) is 5.91 Å². The van der Waals surface area contributed by atoms with Gasteiger partial charge in [-0.2, -0.15) is 0 Å². The van der Waals surface area contributed by atoms with Gasteiger partial charge in [0.2, 0.25) is 0 Å². The predicted octanol–water partition coefficient (Wildman–Crippen LogP) is 1.92. The number of H-pyrrole nitrogens is 1. The number of carbonyl (C=O) groups is 2. The van der Waals surface area contributed by atoms with E-state index in [1.165, 1.54) is 0 Å². The summed E-state index contributed by atoms with van der Waals surface area (Å²) >= 11 is 0. The van der Waals surface area contributed by atoms with E-state index < -0.39 is 0 Å². The number of aromatic amines is 1. The summed E-state index contributed by atoms with van der Waals surface area (Å²) in [6.45, 7) is 1.31. The van der Waals surface area contributed by atoms with Crippen LogP contribution < -0.4 is 16.0 Å². The lowest BCUT2D eigenvalue weighted by Gasteiger charge is -2.08. The van der Waals surface area contributed by atoms with Gasteiger partial charge in [-0.15, -0.1) is 0 Å². The molecule has 2 aromatic heterocycles. The van der Waals surface area contributed by atoms with Crippen LogP contribution in [0.25, 0.3) is 11.0 Å². The van der Waals surface area contributed by atoms with Gasteiger partial charge in [0.05, 0.1) is 0 Å². The van der Waals surface area contributed by atoms with Crippen molar-refractivity contribution >= 4 is 23.0 Å². The number of hydrogen-bond donors (Lipinski definition) is 4. The molecule has 3 amide bonds. The highest BCUT2D eigenvalue weighted by Crippen LogP contribution is 2.14. The van der Waals surface area contributed by atoms with Crippen LogP contribution in [0.1, 0.15) is 17.5 Å². The number of amides is 3. The molecule has 2 heterocycles. The molecule has 0 aliphatic rings. The molecule has 1 aromatic carbocycles. The second-order valence-corrected chi connectivity index (χ2v) is 6.04. The van der Waals surface area contributed by atoms with Crippen molar-refractivity contribution in [3.8, 4) is 11.8 Å². The van der Waals surface area contributed by atoms with Gasteiger partial charge in [-0.25, -0.2) is 9.78 Å². The Morgan fingerprint density at radius 1 is 1.00 bits per heavy atom. The molecule has 28 heavy (non-hydrogen) atoms. The highest BCUT2D eigenvalue weighted by atomic mass is 16.2. The van der Waals surface area contributed by atoms with Gasteiger partial charge < -0.3 is 20.9 Å². The zero-order valence-corrected chi connectivity index (χ0v) is 15.3. The van der Waals surface area contributed by atoms with Gasteiger partial charge in [-0.3, -0.25) is 4.79 Å². The lowest BCUT2D eigenvalue weighted by Crippen LogP contribution is -2.36. The fourth-order valence-electron chi connectivity index (χ4n) is 2.60. The van der Waals surface area contributed by atoms with Crippen LogP contribution in [0.5, 0.6) is 0 Å². The van der Waals surface area contributed by atoms with Crippen LogP contribution in [-0.4, -0.2) is 35.0 Å². The molecule has 0 fully saturated rings. The summed E-state index contributed by atoms with van der Waals surface area (Å²) in [5.74, 6) is 5.01. The maximum atomic E-state index is 11.9. The largest absolute Gasteiger partial charge is 0.346 e. The predicted molar refractivity (Wildman–Crippen MR) is 107 cm³/mol. The van der Waals surface area contributed by atoms with Crippen LogP contribution >= 0.6 is 0 Å². The number of fused-ring (bicyclic) bond motifs is 1. The Hall–Kier alpha value is -3.79. The molecule has 0 aliphatic heterocycles. The Morgan fingerprint density at radius 3 is 2.68 bits per heavy atom. The van der Waals surface area contributed by atoms with E-state index in [2.05, 4.69) is 37.8 Å². The molecular formula is C21H21N5O2. The van der Waals surface area contributed by atoms with Crippen LogP contribution in [0.15, 0.2) is 54.9 Å². The number of pyridine rings is 1. The number of aromatic nitrogens is 2. The summed E-state index contributed by atoms with van der Waals surface area (Å²) in [4.78, 5) is 30.8. The molecule has 0 bridgehead atoms. The Labute approximate surface area is 162 Å². The van der Waals surface area contributed by atoms with Gasteiger partial charge >= 0.3 is 6.03 Å². The van der Waals surface area contributed by atoms with Crippen molar-refractivity contribution in [1.29, 1.82) is 0 Å². The number of nitrogens with one attached hydrogen (secondary N) is 4. The van der Waals surface area contributed by atoms with E-state index in [-0.39, 0.29) is 11.9 Å². The molecule has 0 aliphatic carbocycles. The van der Waals surface area contributed by atoms with Gasteiger partial charge in [0, 0.05) is 48.9 Å². The summed E-state index contributed by atoms with van der Waals surface area (Å²) in [5.41, 5.74) is 2.58. The van der Waals surface area contributed by atoms with Gasteiger partial charge in [-0.1, -0.05) is 24.1 Å². The zero-order chi connectivity index (χ0) is 19.6. The third kappa shape index (κ3) is 5.61. The van der Waals surface area contributed by atoms with Crippen LogP contribution in [0.4, 0.5) is 4.79 Å². The molecule has 0 saturated carbocycles. The minimum absolute atomic E-state index is 0.254. The highest BCUT2D eigenvalue weighted by molar-refractivity contribution is 5.94. The molecule has 3 rings (SSSR count). The van der Waals surface area contributed by atoms with Crippen LogP contribution in [0, 0.1) is 11.8 Å². The number of hydrogen-bond acceptors (Lipinski definition) is 3. The van der Waals surface area contributed by atoms with Gasteiger partial charge in [0.15, 0.2) is 0 Å². The van der Waals surface area contributed by atoms with E-state index >= 15 is 0 Å². The van der Waals surface area contributed by atoms with Crippen LogP contribution in [-0.2, 0) is 11.3 Å². The van der Waals surface area contributed by atoms with E-state index in [1.54, 1.807) is 6.20 Å². The number of urea groups is 1. The fraction of sp³-hybridized carbons (Fsp3) is 0.190. The molecule has 4 N–H and O–H groups in total. The van der Waals surface area contributed by atoms with Gasteiger partial charge in [-0.05, 0) is 36.2 Å². The van der Waals surface area contributed by atoms with Gasteiger partial charge in [0.1, 0.15) is 5.65 Å². The first-order valence-electron chi connectivity index (χ1n) is 9.00. The maximum Gasteiger partial charge on any atom is 0.315 e. The summed E-state index contributed by atoms with van der Waals surface area (Å²) in [6, 6.07) is 12.9. The number of nitrogens with zero attached hydrogens (tertiary/aromatic N) is 1. The fourth-order valence-corrected chi connectivity index (χ4v) is 2.60. The van der Waals surface area contributed by atoms with Crippen molar-refractivity contribution in [2.45, 2.75) is 13.0 Å². The zero-order valence-electron chi connectivity index (χ0n) is 15.3. The molecule has 0 radical (unpaired) electrons. The van der Waals surface area contributed by atoms with Crippen LogP contribution in [0.3, 0.4) is 0 Å². The summed E-state index contributed by atoms with van der Waals surface area (Å²) in [6.07, 6.45) is 4.14. The summed E-state index contributed by atoms with van der Waals surface area (Å²) in [5, 5.41) is 9.28. The van der Waals surface area contributed by atoms with E-state index in [0.29, 0.717) is 26.1 Å². The third-order valence-electron chi connectivity index (χ3n) is 4.01. The quantitative estimate of drug-likeness (QED) is 0.391. The van der Waals surface area contributed by atoms with E-state index in [0.717, 1.165) is 22.2 Å². The lowest BCUT2D eigenvalue weighted by atomic mass is 10.2. The Kier molecular flexibility index (Phi) is 6.63. The van der Waals surface area contributed by atoms with E-state index in [1.807, 2.05) is 48.7 Å². The molecule has 0 spiro atoms. The molecule has 142 valence electrons. The Morgan fingerprint density at radius 2 is 1.82 bits per heavy atom. The number of benzene rings is 1. The SMILES string of the molecule is O=C(C#Cc1ccccc1)NCCCNC(=O)NCc1ccnc2[nH]ccc12. The number of rotatable bonds is 6. The van der Waals surface area contributed by atoms with Crippen molar-refractivity contribution in [1.82, 2.24) is 25.9 Å². The van der Waals surface area contributed by atoms with Crippen molar-refractivity contribution in [2.24, 2.45) is 0 Å². The monoisotopic (exact) mass is 375 g/mol. The van der Waals surface area contributed by atoms with Crippen molar-refractivity contribution in [2.75, 3.05) is 13.1 Å². The first-order valence-corrected chi connectivity index (χ1v) is 9.00. The molecule has 0 unspecified atom stereocenters. The summed E-state index contributed by atoms with van der Waals surface area (Å²) < 4.78 is 0.